The monoisotopic (exact) mass is 306 g/mol. The highest BCUT2D eigenvalue weighted by Gasteiger charge is 2.61. The van der Waals surface area contributed by atoms with E-state index in [1.54, 1.807) is 0 Å². The van der Waals surface area contributed by atoms with Crippen LogP contribution in [0.5, 0.6) is 0 Å². The van der Waals surface area contributed by atoms with Gasteiger partial charge in [0, 0.05) is 0 Å². The highest BCUT2D eigenvalue weighted by molar-refractivity contribution is 5.86. The van der Waals surface area contributed by atoms with Crippen LogP contribution in [0.4, 0.5) is 26.3 Å². The van der Waals surface area contributed by atoms with E-state index in [4.69, 9.17) is 0 Å². The molecule has 10 heteroatoms. The zero-order valence-electron chi connectivity index (χ0n) is 9.75. The molecule has 0 radical (unpaired) electrons. The van der Waals surface area contributed by atoms with Crippen molar-refractivity contribution in [3.05, 3.63) is 23.7 Å². The van der Waals surface area contributed by atoms with Gasteiger partial charge in [0.1, 0.15) is 11.9 Å². The van der Waals surface area contributed by atoms with Crippen LogP contribution in [0, 0.1) is 5.92 Å². The van der Waals surface area contributed by atoms with E-state index in [0.717, 1.165) is 13.2 Å². The molecule has 114 valence electrons. The number of alkyl halides is 6. The molecule has 0 bridgehead atoms. The number of aliphatic hydroxyl groups excluding tert-OH is 1. The van der Waals surface area contributed by atoms with Crippen molar-refractivity contribution < 1.29 is 45.4 Å². The molecule has 0 aliphatic rings. The largest absolute Gasteiger partial charge is 0.463 e. The van der Waals surface area contributed by atoms with E-state index in [2.05, 4.69) is 9.15 Å². The predicted molar refractivity (Wildman–Crippen MR) is 50.6 cm³/mol. The van der Waals surface area contributed by atoms with Gasteiger partial charge in [0.15, 0.2) is 5.92 Å². The van der Waals surface area contributed by atoms with Crippen LogP contribution in [-0.2, 0) is 4.74 Å². The normalized spacial score (nSPS) is 14.4. The molecule has 4 nitrogen and oxygen atoms in total. The fourth-order valence-corrected chi connectivity index (χ4v) is 1.43. The molecule has 1 atom stereocenters. The number of halogens is 6. The number of hydrogen-bond donors (Lipinski definition) is 1. The summed E-state index contributed by atoms with van der Waals surface area (Å²) < 4.78 is 82.8. The van der Waals surface area contributed by atoms with E-state index in [9.17, 15) is 36.2 Å². The van der Waals surface area contributed by atoms with Gasteiger partial charge in [-0.05, 0) is 12.1 Å². The molecule has 0 aliphatic heterocycles. The van der Waals surface area contributed by atoms with Crippen molar-refractivity contribution in [1.29, 1.82) is 0 Å². The first kappa shape index (κ1) is 16.3. The number of hydrogen-bond acceptors (Lipinski definition) is 4. The van der Waals surface area contributed by atoms with Gasteiger partial charge in [-0.25, -0.2) is 4.79 Å². The van der Waals surface area contributed by atoms with Crippen molar-refractivity contribution >= 4 is 5.97 Å². The van der Waals surface area contributed by atoms with Crippen LogP contribution < -0.4 is 0 Å². The van der Waals surface area contributed by atoms with Crippen LogP contribution in [0.3, 0.4) is 0 Å². The number of rotatable bonds is 3. The molecule has 1 aromatic rings. The summed E-state index contributed by atoms with van der Waals surface area (Å²) >= 11 is 0. The maximum absolute atomic E-state index is 12.4. The number of carbonyl (C=O) groups is 1. The average molecular weight is 306 g/mol. The second-order valence-electron chi connectivity index (χ2n) is 3.70. The molecule has 0 fully saturated rings. The van der Waals surface area contributed by atoms with Crippen LogP contribution in [-0.4, -0.2) is 30.5 Å². The molecule has 0 saturated carbocycles. The van der Waals surface area contributed by atoms with Gasteiger partial charge in [-0.1, -0.05) is 0 Å². The smallest absolute Gasteiger partial charge is 0.403 e. The Morgan fingerprint density at radius 3 is 2.10 bits per heavy atom. The van der Waals surface area contributed by atoms with E-state index >= 15 is 0 Å². The number of carbonyl (C=O) groups excluding carboxylic acids is 1. The lowest BCUT2D eigenvalue weighted by Crippen LogP contribution is -2.40. The molecular formula is C10H8F6O4. The van der Waals surface area contributed by atoms with Crippen molar-refractivity contribution in [2.45, 2.75) is 18.5 Å². The van der Waals surface area contributed by atoms with Crippen LogP contribution in [0.25, 0.3) is 0 Å². The summed E-state index contributed by atoms with van der Waals surface area (Å²) in [5.74, 6) is -6.78. The third kappa shape index (κ3) is 3.44. The van der Waals surface area contributed by atoms with Gasteiger partial charge < -0.3 is 14.3 Å². The molecule has 0 saturated heterocycles. The number of ether oxygens (including phenoxy) is 1. The van der Waals surface area contributed by atoms with E-state index < -0.39 is 41.9 Å². The molecule has 1 aromatic heterocycles. The SMILES string of the molecule is COC(=O)c1ccc(C(O)C(C(F)(F)F)C(F)(F)F)o1. The topological polar surface area (TPSA) is 59.7 Å². The molecule has 1 N–H and O–H groups in total. The lowest BCUT2D eigenvalue weighted by molar-refractivity contribution is -0.309. The molecule has 0 spiro atoms. The third-order valence-corrected chi connectivity index (χ3v) is 2.33. The summed E-state index contributed by atoms with van der Waals surface area (Å²) in [5, 5.41) is 9.23. The van der Waals surface area contributed by atoms with Gasteiger partial charge in [-0.3, -0.25) is 0 Å². The highest BCUT2D eigenvalue weighted by Crippen LogP contribution is 2.46. The van der Waals surface area contributed by atoms with Crippen molar-refractivity contribution in [2.24, 2.45) is 5.92 Å². The summed E-state index contributed by atoms with van der Waals surface area (Å²) in [6.45, 7) is 0. The second kappa shape index (κ2) is 5.35. The first-order chi connectivity index (χ1) is 8.98. The predicted octanol–water partition coefficient (Wildman–Crippen LogP) is 2.84. The van der Waals surface area contributed by atoms with Gasteiger partial charge in [-0.15, -0.1) is 0 Å². The quantitative estimate of drug-likeness (QED) is 0.689. The maximum atomic E-state index is 12.4. The van der Waals surface area contributed by atoms with E-state index in [1.165, 1.54) is 0 Å². The first-order valence-electron chi connectivity index (χ1n) is 4.98. The Bertz CT molecular complexity index is 461. The molecule has 1 heterocycles. The number of furan rings is 1. The summed E-state index contributed by atoms with van der Waals surface area (Å²) in [7, 11) is 0.940. The van der Waals surface area contributed by atoms with E-state index in [1.807, 2.05) is 0 Å². The molecular weight excluding hydrogens is 298 g/mol. The van der Waals surface area contributed by atoms with E-state index in [0.29, 0.717) is 6.07 Å². The zero-order valence-corrected chi connectivity index (χ0v) is 9.75. The summed E-state index contributed by atoms with van der Waals surface area (Å²) in [6.07, 6.45) is -14.5. The number of methoxy groups -OCH3 is 1. The lowest BCUT2D eigenvalue weighted by atomic mass is 9.99. The standard InChI is InChI=1S/C10H8F6O4/c1-19-8(18)5-3-2-4(20-5)6(17)7(9(11,12)13)10(14,15)16/h2-3,6-7,17H,1H3. The van der Waals surface area contributed by atoms with Gasteiger partial charge in [0.05, 0.1) is 7.11 Å². The van der Waals surface area contributed by atoms with Crippen LogP contribution in [0.1, 0.15) is 22.4 Å². The van der Waals surface area contributed by atoms with Gasteiger partial charge >= 0.3 is 18.3 Å². The summed E-state index contributed by atoms with van der Waals surface area (Å²) in [5.41, 5.74) is 0. The Labute approximate surface area is 107 Å². The average Bonchev–Trinajstić information content (AvgIpc) is 2.73. The van der Waals surface area contributed by atoms with Crippen LogP contribution >= 0.6 is 0 Å². The minimum absolute atomic E-state index is 0.621. The zero-order chi connectivity index (χ0) is 15.7. The molecule has 0 aliphatic carbocycles. The molecule has 0 amide bonds. The van der Waals surface area contributed by atoms with E-state index in [-0.39, 0.29) is 0 Å². The van der Waals surface area contributed by atoms with Gasteiger partial charge in [0.2, 0.25) is 5.76 Å². The number of esters is 1. The maximum Gasteiger partial charge on any atom is 0.403 e. The van der Waals surface area contributed by atoms with Crippen molar-refractivity contribution in [3.8, 4) is 0 Å². The van der Waals surface area contributed by atoms with Crippen molar-refractivity contribution in [2.75, 3.05) is 7.11 Å². The number of aliphatic hydroxyl groups is 1. The molecule has 1 unspecified atom stereocenters. The summed E-state index contributed by atoms with van der Waals surface area (Å²) in [4.78, 5) is 11.0. The lowest BCUT2D eigenvalue weighted by Gasteiger charge is -2.26. The molecule has 1 rings (SSSR count). The van der Waals surface area contributed by atoms with Crippen LogP contribution in [0.15, 0.2) is 16.5 Å². The Kier molecular flexibility index (Phi) is 4.37. The Morgan fingerprint density at radius 2 is 1.70 bits per heavy atom. The molecule has 0 aromatic carbocycles. The Morgan fingerprint density at radius 1 is 1.20 bits per heavy atom. The van der Waals surface area contributed by atoms with Gasteiger partial charge in [0.25, 0.3) is 0 Å². The third-order valence-electron chi connectivity index (χ3n) is 2.33. The minimum Gasteiger partial charge on any atom is -0.463 e. The fourth-order valence-electron chi connectivity index (χ4n) is 1.43. The Hall–Kier alpha value is -1.71. The summed E-state index contributed by atoms with van der Waals surface area (Å²) in [6, 6.07) is 1.44. The second-order valence-corrected chi connectivity index (χ2v) is 3.70. The molecule has 20 heavy (non-hydrogen) atoms. The minimum atomic E-state index is -5.73. The first-order valence-corrected chi connectivity index (χ1v) is 4.98. The fraction of sp³-hybridized carbons (Fsp3) is 0.500. The van der Waals surface area contributed by atoms with Crippen molar-refractivity contribution in [3.63, 3.8) is 0 Å². The highest BCUT2D eigenvalue weighted by atomic mass is 19.4. The van der Waals surface area contributed by atoms with Gasteiger partial charge in [-0.2, -0.15) is 26.3 Å². The van der Waals surface area contributed by atoms with Crippen LogP contribution in [0.2, 0.25) is 0 Å². The van der Waals surface area contributed by atoms with Crippen molar-refractivity contribution in [1.82, 2.24) is 0 Å². The Balaban J connectivity index is 3.11.